The Morgan fingerprint density at radius 3 is 2.65 bits per heavy atom. The zero-order chi connectivity index (χ0) is 12.5. The maximum Gasteiger partial charge on any atom is 0.128 e. The van der Waals surface area contributed by atoms with Gasteiger partial charge in [-0.25, -0.2) is 4.98 Å². The molecule has 0 atom stereocenters. The van der Waals surface area contributed by atoms with Gasteiger partial charge >= 0.3 is 0 Å². The molecule has 0 bridgehead atoms. The summed E-state index contributed by atoms with van der Waals surface area (Å²) in [4.78, 5) is 4.20. The largest absolute Gasteiger partial charge is 0.384 e. The molecule has 17 heavy (non-hydrogen) atoms. The molecule has 0 aliphatic carbocycles. The SMILES string of the molecule is CC(C)CCCCCCNc1cccc(N)n1. The second-order valence-electron chi connectivity index (χ2n) is 4.97. The van der Waals surface area contributed by atoms with Crippen LogP contribution in [-0.4, -0.2) is 11.5 Å². The van der Waals surface area contributed by atoms with Gasteiger partial charge in [-0.2, -0.15) is 0 Å². The normalized spacial score (nSPS) is 10.8. The highest BCUT2D eigenvalue weighted by molar-refractivity contribution is 5.41. The molecule has 0 radical (unpaired) electrons. The summed E-state index contributed by atoms with van der Waals surface area (Å²) in [6.45, 7) is 5.55. The van der Waals surface area contributed by atoms with Gasteiger partial charge in [0.05, 0.1) is 0 Å². The van der Waals surface area contributed by atoms with Crippen molar-refractivity contribution in [2.45, 2.75) is 46.0 Å². The number of nitrogens with two attached hydrogens (primary N) is 1. The van der Waals surface area contributed by atoms with Gasteiger partial charge in [0.25, 0.3) is 0 Å². The summed E-state index contributed by atoms with van der Waals surface area (Å²) in [6, 6.07) is 5.68. The number of rotatable bonds is 8. The van der Waals surface area contributed by atoms with Crippen LogP contribution in [-0.2, 0) is 0 Å². The molecule has 0 aliphatic rings. The molecule has 1 aromatic heterocycles. The Morgan fingerprint density at radius 2 is 1.94 bits per heavy atom. The summed E-state index contributed by atoms with van der Waals surface area (Å²) in [7, 11) is 0. The van der Waals surface area contributed by atoms with E-state index in [0.29, 0.717) is 5.82 Å². The molecule has 0 saturated heterocycles. The minimum absolute atomic E-state index is 0.576. The maximum atomic E-state index is 5.61. The first kappa shape index (κ1) is 13.8. The van der Waals surface area contributed by atoms with Gasteiger partial charge < -0.3 is 11.1 Å². The van der Waals surface area contributed by atoms with Gasteiger partial charge in [-0.3, -0.25) is 0 Å². The Bertz CT molecular complexity index is 310. The van der Waals surface area contributed by atoms with E-state index >= 15 is 0 Å². The maximum absolute atomic E-state index is 5.61. The molecule has 96 valence electrons. The van der Waals surface area contributed by atoms with Crippen LogP contribution in [0, 0.1) is 5.92 Å². The molecule has 0 spiro atoms. The molecule has 1 rings (SSSR count). The third kappa shape index (κ3) is 6.82. The summed E-state index contributed by atoms with van der Waals surface area (Å²) in [5.74, 6) is 2.30. The van der Waals surface area contributed by atoms with Gasteiger partial charge in [0.2, 0.25) is 0 Å². The van der Waals surface area contributed by atoms with Crippen LogP contribution in [0.15, 0.2) is 18.2 Å². The summed E-state index contributed by atoms with van der Waals surface area (Å²) in [5, 5.41) is 3.29. The van der Waals surface area contributed by atoms with Crippen molar-refractivity contribution in [1.29, 1.82) is 0 Å². The van der Waals surface area contributed by atoms with Gasteiger partial charge in [-0.1, -0.05) is 45.6 Å². The van der Waals surface area contributed by atoms with E-state index in [1.54, 1.807) is 6.07 Å². The average Bonchev–Trinajstić information content (AvgIpc) is 2.27. The molecule has 0 saturated carbocycles. The Balaban J connectivity index is 2.01. The Kier molecular flexibility index (Phi) is 6.45. The van der Waals surface area contributed by atoms with Gasteiger partial charge in [0.15, 0.2) is 0 Å². The van der Waals surface area contributed by atoms with E-state index in [2.05, 4.69) is 24.1 Å². The van der Waals surface area contributed by atoms with Crippen molar-refractivity contribution in [3.63, 3.8) is 0 Å². The fourth-order valence-electron chi connectivity index (χ4n) is 1.80. The van der Waals surface area contributed by atoms with Crippen LogP contribution in [0.1, 0.15) is 46.0 Å². The van der Waals surface area contributed by atoms with E-state index in [1.807, 2.05) is 12.1 Å². The number of nitrogen functional groups attached to an aromatic ring is 1. The van der Waals surface area contributed by atoms with Crippen molar-refractivity contribution < 1.29 is 0 Å². The van der Waals surface area contributed by atoms with Gasteiger partial charge in [0, 0.05) is 6.54 Å². The number of pyridine rings is 1. The highest BCUT2D eigenvalue weighted by Crippen LogP contribution is 2.10. The molecule has 0 unspecified atom stereocenters. The van der Waals surface area contributed by atoms with Crippen LogP contribution >= 0.6 is 0 Å². The third-order valence-corrected chi connectivity index (χ3v) is 2.79. The molecule has 3 nitrogen and oxygen atoms in total. The number of nitrogens with one attached hydrogen (secondary N) is 1. The minimum atomic E-state index is 0.576. The number of nitrogens with zero attached hydrogens (tertiary/aromatic N) is 1. The van der Waals surface area contributed by atoms with Crippen LogP contribution in [0.3, 0.4) is 0 Å². The van der Waals surface area contributed by atoms with E-state index in [4.69, 9.17) is 5.73 Å². The molecule has 3 heteroatoms. The van der Waals surface area contributed by atoms with E-state index in [9.17, 15) is 0 Å². The molecule has 3 N–H and O–H groups in total. The van der Waals surface area contributed by atoms with Crippen molar-refractivity contribution in [1.82, 2.24) is 4.98 Å². The molecular formula is C14H25N3. The lowest BCUT2D eigenvalue weighted by Crippen LogP contribution is -2.04. The predicted octanol–water partition coefficient (Wildman–Crippen LogP) is 3.68. The summed E-state index contributed by atoms with van der Waals surface area (Å²) >= 11 is 0. The lowest BCUT2D eigenvalue weighted by molar-refractivity contribution is 0.523. The summed E-state index contributed by atoms with van der Waals surface area (Å²) in [6.07, 6.45) is 6.54. The van der Waals surface area contributed by atoms with Crippen LogP contribution in [0.4, 0.5) is 11.6 Å². The smallest absolute Gasteiger partial charge is 0.128 e. The van der Waals surface area contributed by atoms with E-state index < -0.39 is 0 Å². The Hall–Kier alpha value is -1.25. The van der Waals surface area contributed by atoms with E-state index in [-0.39, 0.29) is 0 Å². The van der Waals surface area contributed by atoms with Crippen LogP contribution in [0.5, 0.6) is 0 Å². The fraction of sp³-hybridized carbons (Fsp3) is 0.643. The van der Waals surface area contributed by atoms with E-state index in [1.165, 1.54) is 32.1 Å². The van der Waals surface area contributed by atoms with Gasteiger partial charge in [-0.15, -0.1) is 0 Å². The third-order valence-electron chi connectivity index (χ3n) is 2.79. The van der Waals surface area contributed by atoms with Crippen molar-refractivity contribution in [3.8, 4) is 0 Å². The fourth-order valence-corrected chi connectivity index (χ4v) is 1.80. The predicted molar refractivity (Wildman–Crippen MR) is 75.1 cm³/mol. The monoisotopic (exact) mass is 235 g/mol. The summed E-state index contributed by atoms with van der Waals surface area (Å²) in [5.41, 5.74) is 5.61. The first-order valence-corrected chi connectivity index (χ1v) is 6.65. The minimum Gasteiger partial charge on any atom is -0.384 e. The zero-order valence-electron chi connectivity index (χ0n) is 11.1. The Morgan fingerprint density at radius 1 is 1.18 bits per heavy atom. The van der Waals surface area contributed by atoms with E-state index in [0.717, 1.165) is 18.3 Å². The molecule has 1 heterocycles. The quantitative estimate of drug-likeness (QED) is 0.676. The first-order valence-electron chi connectivity index (χ1n) is 6.65. The lowest BCUT2D eigenvalue weighted by atomic mass is 10.0. The number of anilines is 2. The highest BCUT2D eigenvalue weighted by Gasteiger charge is 1.96. The number of hydrogen-bond acceptors (Lipinski definition) is 3. The molecule has 0 aliphatic heterocycles. The topological polar surface area (TPSA) is 50.9 Å². The van der Waals surface area contributed by atoms with Gasteiger partial charge in [-0.05, 0) is 24.5 Å². The first-order chi connectivity index (χ1) is 8.18. The van der Waals surface area contributed by atoms with Crippen molar-refractivity contribution >= 4 is 11.6 Å². The standard InChI is InChI=1S/C14H25N3/c1-12(2)8-5-3-4-6-11-16-14-10-7-9-13(15)17-14/h7,9-10,12H,3-6,8,11H2,1-2H3,(H3,15,16,17). The molecule has 0 aromatic carbocycles. The van der Waals surface area contributed by atoms with Gasteiger partial charge in [0.1, 0.15) is 11.6 Å². The number of hydrogen-bond donors (Lipinski definition) is 2. The van der Waals surface area contributed by atoms with Crippen LogP contribution in [0.2, 0.25) is 0 Å². The average molecular weight is 235 g/mol. The molecular weight excluding hydrogens is 210 g/mol. The summed E-state index contributed by atoms with van der Waals surface area (Å²) < 4.78 is 0. The highest BCUT2D eigenvalue weighted by atomic mass is 15.0. The van der Waals surface area contributed by atoms with Crippen molar-refractivity contribution in [2.24, 2.45) is 5.92 Å². The van der Waals surface area contributed by atoms with Crippen LogP contribution < -0.4 is 11.1 Å². The van der Waals surface area contributed by atoms with Crippen molar-refractivity contribution in [2.75, 3.05) is 17.6 Å². The Labute approximate surface area is 105 Å². The number of unbranched alkanes of at least 4 members (excludes halogenated alkanes) is 3. The second kappa shape index (κ2) is 7.93. The lowest BCUT2D eigenvalue weighted by Gasteiger charge is -2.06. The zero-order valence-corrected chi connectivity index (χ0v) is 11.1. The molecule has 0 fully saturated rings. The van der Waals surface area contributed by atoms with Crippen LogP contribution in [0.25, 0.3) is 0 Å². The molecule has 0 amide bonds. The number of aromatic nitrogens is 1. The van der Waals surface area contributed by atoms with Crippen molar-refractivity contribution in [3.05, 3.63) is 18.2 Å². The second-order valence-corrected chi connectivity index (χ2v) is 4.97. The molecule has 1 aromatic rings.